The number of nitrogens with zero attached hydrogens (tertiary/aromatic N) is 4. The number of rotatable bonds is 3. The first-order chi connectivity index (χ1) is 14.2. The highest BCUT2D eigenvalue weighted by molar-refractivity contribution is 5.66. The van der Waals surface area contributed by atoms with Gasteiger partial charge in [-0.1, -0.05) is 18.2 Å². The van der Waals surface area contributed by atoms with E-state index < -0.39 is 0 Å². The van der Waals surface area contributed by atoms with E-state index in [9.17, 15) is 4.39 Å². The van der Waals surface area contributed by atoms with E-state index in [1.54, 1.807) is 23.0 Å². The molecule has 5 rings (SSSR count). The summed E-state index contributed by atoms with van der Waals surface area (Å²) in [5.74, 6) is 0.276. The average molecular weight is 388 g/mol. The highest BCUT2D eigenvalue weighted by Gasteiger charge is 2.23. The number of halogens is 1. The lowest BCUT2D eigenvalue weighted by atomic mass is 9.96. The SMILES string of the molecule is CN1CCC(Oc2cccc(F)c2)c2ccc(-c3ccc4ncnn4c3)cc2C1. The first kappa shape index (κ1) is 17.8. The second-order valence-corrected chi connectivity index (χ2v) is 7.48. The summed E-state index contributed by atoms with van der Waals surface area (Å²) in [7, 11) is 2.11. The van der Waals surface area contributed by atoms with Gasteiger partial charge in [0.1, 0.15) is 24.0 Å². The van der Waals surface area contributed by atoms with E-state index in [-0.39, 0.29) is 11.9 Å². The van der Waals surface area contributed by atoms with Crippen LogP contribution in [-0.4, -0.2) is 33.1 Å². The molecule has 4 aromatic rings. The molecule has 0 saturated heterocycles. The summed E-state index contributed by atoms with van der Waals surface area (Å²) in [6.07, 6.45) is 4.29. The number of pyridine rings is 1. The lowest BCUT2D eigenvalue weighted by Crippen LogP contribution is -2.18. The molecule has 1 unspecified atom stereocenters. The number of aromatic nitrogens is 3. The highest BCUT2D eigenvalue weighted by atomic mass is 19.1. The summed E-state index contributed by atoms with van der Waals surface area (Å²) in [6, 6.07) is 16.9. The zero-order chi connectivity index (χ0) is 19.8. The largest absolute Gasteiger partial charge is 0.486 e. The third kappa shape index (κ3) is 3.59. The van der Waals surface area contributed by atoms with Gasteiger partial charge in [-0.15, -0.1) is 0 Å². The van der Waals surface area contributed by atoms with E-state index >= 15 is 0 Å². The topological polar surface area (TPSA) is 42.7 Å². The van der Waals surface area contributed by atoms with Crippen LogP contribution in [0.15, 0.2) is 67.1 Å². The summed E-state index contributed by atoms with van der Waals surface area (Å²) in [4.78, 5) is 6.49. The van der Waals surface area contributed by atoms with Crippen LogP contribution in [0, 0.1) is 5.82 Å². The van der Waals surface area contributed by atoms with Crippen LogP contribution in [0.3, 0.4) is 0 Å². The Kier molecular flexibility index (Phi) is 4.48. The van der Waals surface area contributed by atoms with E-state index in [4.69, 9.17) is 4.74 Å². The highest BCUT2D eigenvalue weighted by Crippen LogP contribution is 2.33. The molecule has 0 N–H and O–H groups in total. The monoisotopic (exact) mass is 388 g/mol. The molecule has 0 saturated carbocycles. The van der Waals surface area contributed by atoms with Gasteiger partial charge in [0.15, 0.2) is 5.65 Å². The van der Waals surface area contributed by atoms with Gasteiger partial charge < -0.3 is 9.64 Å². The first-order valence-electron chi connectivity index (χ1n) is 9.69. The summed E-state index contributed by atoms with van der Waals surface area (Å²) in [5, 5.41) is 4.23. The Morgan fingerprint density at radius 2 is 1.97 bits per heavy atom. The molecular formula is C23H21FN4O. The Hall–Kier alpha value is -3.25. The maximum Gasteiger partial charge on any atom is 0.155 e. The lowest BCUT2D eigenvalue weighted by Gasteiger charge is -2.20. The molecule has 146 valence electrons. The van der Waals surface area contributed by atoms with Gasteiger partial charge >= 0.3 is 0 Å². The Bertz CT molecular complexity index is 1170. The van der Waals surface area contributed by atoms with E-state index in [1.807, 2.05) is 12.3 Å². The van der Waals surface area contributed by atoms with Crippen molar-refractivity contribution in [2.45, 2.75) is 19.1 Å². The van der Waals surface area contributed by atoms with Crippen molar-refractivity contribution in [3.63, 3.8) is 0 Å². The van der Waals surface area contributed by atoms with Crippen LogP contribution in [0.1, 0.15) is 23.7 Å². The maximum atomic E-state index is 13.6. The number of fused-ring (bicyclic) bond motifs is 2. The number of hydrogen-bond donors (Lipinski definition) is 0. The van der Waals surface area contributed by atoms with Gasteiger partial charge in [0, 0.05) is 37.3 Å². The molecule has 2 aromatic heterocycles. The third-order valence-electron chi connectivity index (χ3n) is 5.38. The minimum absolute atomic E-state index is 0.108. The Morgan fingerprint density at radius 3 is 2.86 bits per heavy atom. The summed E-state index contributed by atoms with van der Waals surface area (Å²) in [5.41, 5.74) is 5.42. The van der Waals surface area contributed by atoms with Gasteiger partial charge in [-0.05, 0) is 54.1 Å². The predicted molar refractivity (Wildman–Crippen MR) is 109 cm³/mol. The van der Waals surface area contributed by atoms with Gasteiger partial charge in [-0.25, -0.2) is 13.9 Å². The van der Waals surface area contributed by atoms with Gasteiger partial charge in [0.05, 0.1) is 0 Å². The molecule has 29 heavy (non-hydrogen) atoms. The van der Waals surface area contributed by atoms with Crippen LogP contribution >= 0.6 is 0 Å². The molecular weight excluding hydrogens is 367 g/mol. The fraction of sp³-hybridized carbons (Fsp3) is 0.217. The zero-order valence-electron chi connectivity index (χ0n) is 16.1. The van der Waals surface area contributed by atoms with Crippen LogP contribution in [0.2, 0.25) is 0 Å². The third-order valence-corrected chi connectivity index (χ3v) is 5.38. The molecule has 0 spiro atoms. The standard InChI is InChI=1S/C23H21FN4O/c1-27-10-9-22(29-20-4-2-3-19(24)12-20)21-7-5-16(11-18(21)13-27)17-6-8-23-25-15-26-28(23)14-17/h2-8,11-12,14-15,22H,9-10,13H2,1H3. The quantitative estimate of drug-likeness (QED) is 0.519. The van der Waals surface area contributed by atoms with Gasteiger partial charge in [-0.3, -0.25) is 0 Å². The normalized spacial score (nSPS) is 17.1. The fourth-order valence-corrected chi connectivity index (χ4v) is 3.91. The fourth-order valence-electron chi connectivity index (χ4n) is 3.91. The number of hydrogen-bond acceptors (Lipinski definition) is 4. The van der Waals surface area contributed by atoms with Crippen LogP contribution in [0.5, 0.6) is 5.75 Å². The lowest BCUT2D eigenvalue weighted by molar-refractivity contribution is 0.182. The molecule has 3 heterocycles. The van der Waals surface area contributed by atoms with Crippen molar-refractivity contribution >= 4 is 5.65 Å². The molecule has 0 radical (unpaired) electrons. The van der Waals surface area contributed by atoms with Gasteiger partial charge in [0.25, 0.3) is 0 Å². The zero-order valence-corrected chi connectivity index (χ0v) is 16.1. The van der Waals surface area contributed by atoms with Crippen molar-refractivity contribution in [2.24, 2.45) is 0 Å². The molecule has 1 aliphatic heterocycles. The average Bonchev–Trinajstić information content (AvgIpc) is 3.13. The molecule has 0 bridgehead atoms. The Morgan fingerprint density at radius 1 is 1.07 bits per heavy atom. The molecule has 1 aliphatic rings. The summed E-state index contributed by atoms with van der Waals surface area (Å²) in [6.45, 7) is 1.76. The summed E-state index contributed by atoms with van der Waals surface area (Å²) >= 11 is 0. The predicted octanol–water partition coefficient (Wildman–Crippen LogP) is 4.49. The smallest absolute Gasteiger partial charge is 0.155 e. The van der Waals surface area contributed by atoms with Crippen molar-refractivity contribution in [2.75, 3.05) is 13.6 Å². The van der Waals surface area contributed by atoms with Crippen LogP contribution in [-0.2, 0) is 6.54 Å². The van der Waals surface area contributed by atoms with Crippen molar-refractivity contribution < 1.29 is 9.13 Å². The molecule has 0 fully saturated rings. The van der Waals surface area contributed by atoms with Gasteiger partial charge in [-0.2, -0.15) is 5.10 Å². The number of ether oxygens (including phenoxy) is 1. The summed E-state index contributed by atoms with van der Waals surface area (Å²) < 4.78 is 21.6. The van der Waals surface area contributed by atoms with E-state index in [0.717, 1.165) is 41.8 Å². The second kappa shape index (κ2) is 7.29. The number of benzene rings is 2. The van der Waals surface area contributed by atoms with E-state index in [2.05, 4.69) is 46.3 Å². The second-order valence-electron chi connectivity index (χ2n) is 7.48. The Balaban J connectivity index is 1.51. The molecule has 0 amide bonds. The molecule has 1 atom stereocenters. The van der Waals surface area contributed by atoms with Crippen molar-refractivity contribution in [1.82, 2.24) is 19.5 Å². The van der Waals surface area contributed by atoms with Crippen molar-refractivity contribution in [1.29, 1.82) is 0 Å². The van der Waals surface area contributed by atoms with E-state index in [1.165, 1.54) is 17.7 Å². The van der Waals surface area contributed by atoms with Crippen molar-refractivity contribution in [3.8, 4) is 16.9 Å². The van der Waals surface area contributed by atoms with Crippen molar-refractivity contribution in [3.05, 3.63) is 84.1 Å². The minimum atomic E-state index is -0.285. The van der Waals surface area contributed by atoms with Crippen LogP contribution in [0.4, 0.5) is 4.39 Å². The molecule has 5 nitrogen and oxygen atoms in total. The van der Waals surface area contributed by atoms with Gasteiger partial charge in [0.2, 0.25) is 0 Å². The molecule has 6 heteroatoms. The van der Waals surface area contributed by atoms with Crippen LogP contribution in [0.25, 0.3) is 16.8 Å². The molecule has 0 aliphatic carbocycles. The first-order valence-corrected chi connectivity index (χ1v) is 9.69. The minimum Gasteiger partial charge on any atom is -0.486 e. The molecule has 2 aromatic carbocycles. The maximum absolute atomic E-state index is 13.6. The Labute approximate surface area is 168 Å². The van der Waals surface area contributed by atoms with Crippen LogP contribution < -0.4 is 4.74 Å². The van der Waals surface area contributed by atoms with E-state index in [0.29, 0.717) is 5.75 Å².